The average molecular weight is 494 g/mol. The molecule has 31 heavy (non-hydrogen) atoms. The number of nitrogens with one attached hydrogen (secondary N) is 1. The number of pyridine rings is 1. The minimum atomic E-state index is -0.0978. The number of aryl methyl sites for hydroxylation is 2. The van der Waals surface area contributed by atoms with E-state index >= 15 is 0 Å². The molecule has 4 rings (SSSR count). The molecule has 0 saturated heterocycles. The zero-order valence-corrected chi connectivity index (χ0v) is 19.4. The molecular formula is C23H20BrN5OS. The first-order valence-electron chi connectivity index (χ1n) is 9.63. The Morgan fingerprint density at radius 3 is 2.48 bits per heavy atom. The van der Waals surface area contributed by atoms with Crippen LogP contribution in [0, 0.1) is 13.8 Å². The molecule has 0 unspecified atom stereocenters. The molecule has 6 nitrogen and oxygen atoms in total. The summed E-state index contributed by atoms with van der Waals surface area (Å²) in [5, 5.41) is 12.4. The molecule has 0 fully saturated rings. The molecule has 156 valence electrons. The van der Waals surface area contributed by atoms with Crippen LogP contribution >= 0.6 is 27.7 Å². The highest BCUT2D eigenvalue weighted by atomic mass is 79.9. The van der Waals surface area contributed by atoms with E-state index in [9.17, 15) is 4.79 Å². The standard InChI is InChI=1S/C23H20BrN5OS/c1-15-3-6-19(7-4-15)29-22(17-9-11-25-12-10-17)27-28-23(29)31-14-21(30)26-20-8-5-18(24)13-16(20)2/h3-13H,14H2,1-2H3,(H,26,30). The number of benzene rings is 2. The zero-order chi connectivity index (χ0) is 21.8. The average Bonchev–Trinajstić information content (AvgIpc) is 3.19. The van der Waals surface area contributed by atoms with Crippen molar-refractivity contribution in [3.05, 3.63) is 82.6 Å². The highest BCUT2D eigenvalue weighted by Gasteiger charge is 2.17. The monoisotopic (exact) mass is 493 g/mol. The Bertz CT molecular complexity index is 1210. The first-order valence-corrected chi connectivity index (χ1v) is 11.4. The number of hydrogen-bond acceptors (Lipinski definition) is 5. The molecule has 1 amide bonds. The summed E-state index contributed by atoms with van der Waals surface area (Å²) >= 11 is 4.79. The van der Waals surface area contributed by atoms with Crippen molar-refractivity contribution in [3.8, 4) is 17.1 Å². The summed E-state index contributed by atoms with van der Waals surface area (Å²) in [6.07, 6.45) is 3.45. The van der Waals surface area contributed by atoms with Crippen molar-refractivity contribution in [2.24, 2.45) is 0 Å². The van der Waals surface area contributed by atoms with Gasteiger partial charge in [0, 0.05) is 33.8 Å². The minimum Gasteiger partial charge on any atom is -0.325 e. The number of thioether (sulfide) groups is 1. The fourth-order valence-electron chi connectivity index (χ4n) is 3.06. The predicted molar refractivity (Wildman–Crippen MR) is 128 cm³/mol. The Kier molecular flexibility index (Phi) is 6.48. The topological polar surface area (TPSA) is 72.7 Å². The van der Waals surface area contributed by atoms with E-state index in [1.807, 2.05) is 73.0 Å². The van der Waals surface area contributed by atoms with Crippen molar-refractivity contribution < 1.29 is 4.79 Å². The van der Waals surface area contributed by atoms with Gasteiger partial charge in [-0.05, 0) is 61.9 Å². The Hall–Kier alpha value is -2.97. The van der Waals surface area contributed by atoms with E-state index in [-0.39, 0.29) is 11.7 Å². The number of hydrogen-bond donors (Lipinski definition) is 1. The maximum atomic E-state index is 12.6. The van der Waals surface area contributed by atoms with Gasteiger partial charge < -0.3 is 5.32 Å². The van der Waals surface area contributed by atoms with Gasteiger partial charge in [-0.2, -0.15) is 0 Å². The van der Waals surface area contributed by atoms with Crippen LogP contribution in [0.15, 0.2) is 76.6 Å². The zero-order valence-electron chi connectivity index (χ0n) is 17.0. The van der Waals surface area contributed by atoms with Crippen LogP contribution in [0.5, 0.6) is 0 Å². The van der Waals surface area contributed by atoms with E-state index in [1.54, 1.807) is 12.4 Å². The number of halogens is 1. The van der Waals surface area contributed by atoms with Gasteiger partial charge in [-0.15, -0.1) is 10.2 Å². The van der Waals surface area contributed by atoms with Crippen LogP contribution in [-0.2, 0) is 4.79 Å². The molecule has 0 radical (unpaired) electrons. The van der Waals surface area contributed by atoms with Gasteiger partial charge in [0.05, 0.1) is 5.75 Å². The summed E-state index contributed by atoms with van der Waals surface area (Å²) in [7, 11) is 0. The molecule has 0 aliphatic rings. The maximum Gasteiger partial charge on any atom is 0.234 e. The lowest BCUT2D eigenvalue weighted by Crippen LogP contribution is -2.15. The van der Waals surface area contributed by atoms with Crippen LogP contribution < -0.4 is 5.32 Å². The molecule has 0 bridgehead atoms. The Labute approximate surface area is 193 Å². The van der Waals surface area contributed by atoms with Crippen molar-refractivity contribution in [1.82, 2.24) is 19.7 Å². The molecule has 4 aromatic rings. The lowest BCUT2D eigenvalue weighted by atomic mass is 10.2. The van der Waals surface area contributed by atoms with Crippen molar-refractivity contribution in [1.29, 1.82) is 0 Å². The van der Waals surface area contributed by atoms with Gasteiger partial charge in [0.2, 0.25) is 5.91 Å². The van der Waals surface area contributed by atoms with Crippen LogP contribution in [0.3, 0.4) is 0 Å². The number of carbonyl (C=O) groups excluding carboxylic acids is 1. The third-order valence-corrected chi connectivity index (χ3v) is 6.08. The second-order valence-electron chi connectivity index (χ2n) is 7.01. The molecule has 2 aromatic carbocycles. The first kappa shape index (κ1) is 21.3. The number of nitrogens with zero attached hydrogens (tertiary/aromatic N) is 4. The lowest BCUT2D eigenvalue weighted by Gasteiger charge is -2.11. The normalized spacial score (nSPS) is 10.8. The van der Waals surface area contributed by atoms with Crippen LogP contribution in [0.4, 0.5) is 5.69 Å². The van der Waals surface area contributed by atoms with Crippen molar-refractivity contribution in [2.45, 2.75) is 19.0 Å². The molecule has 0 aliphatic carbocycles. The number of amides is 1. The van der Waals surface area contributed by atoms with Gasteiger partial charge >= 0.3 is 0 Å². The van der Waals surface area contributed by atoms with E-state index < -0.39 is 0 Å². The molecule has 0 atom stereocenters. The highest BCUT2D eigenvalue weighted by molar-refractivity contribution is 9.10. The highest BCUT2D eigenvalue weighted by Crippen LogP contribution is 2.28. The second-order valence-corrected chi connectivity index (χ2v) is 8.87. The molecular weight excluding hydrogens is 474 g/mol. The van der Waals surface area contributed by atoms with Gasteiger partial charge in [-0.1, -0.05) is 45.4 Å². The summed E-state index contributed by atoms with van der Waals surface area (Å²) in [5.74, 6) is 0.827. The van der Waals surface area contributed by atoms with Crippen LogP contribution in [0.1, 0.15) is 11.1 Å². The minimum absolute atomic E-state index is 0.0978. The largest absolute Gasteiger partial charge is 0.325 e. The number of carbonyl (C=O) groups is 1. The predicted octanol–water partition coefficient (Wildman–Crippen LogP) is 5.44. The quantitative estimate of drug-likeness (QED) is 0.362. The molecule has 0 aliphatic heterocycles. The van der Waals surface area contributed by atoms with E-state index in [1.165, 1.54) is 17.3 Å². The number of anilines is 1. The van der Waals surface area contributed by atoms with E-state index in [4.69, 9.17) is 0 Å². The fraction of sp³-hybridized carbons (Fsp3) is 0.130. The third kappa shape index (κ3) is 5.03. The fourth-order valence-corrected chi connectivity index (χ4v) is 4.29. The molecule has 1 N–H and O–H groups in total. The summed E-state index contributed by atoms with van der Waals surface area (Å²) in [4.78, 5) is 16.7. The maximum absolute atomic E-state index is 12.6. The van der Waals surface area contributed by atoms with Crippen LogP contribution in [0.25, 0.3) is 17.1 Å². The third-order valence-electron chi connectivity index (χ3n) is 4.66. The molecule has 0 saturated carbocycles. The number of aromatic nitrogens is 4. The van der Waals surface area contributed by atoms with Gasteiger partial charge in [0.25, 0.3) is 0 Å². The lowest BCUT2D eigenvalue weighted by molar-refractivity contribution is -0.113. The van der Waals surface area contributed by atoms with Crippen LogP contribution in [-0.4, -0.2) is 31.4 Å². The smallest absolute Gasteiger partial charge is 0.234 e. The van der Waals surface area contributed by atoms with Crippen molar-refractivity contribution >= 4 is 39.3 Å². The summed E-state index contributed by atoms with van der Waals surface area (Å²) in [6, 6.07) is 17.7. The molecule has 2 heterocycles. The molecule has 2 aromatic heterocycles. The van der Waals surface area contributed by atoms with E-state index in [0.717, 1.165) is 27.0 Å². The second kappa shape index (κ2) is 9.45. The first-order chi connectivity index (χ1) is 15.0. The Morgan fingerprint density at radius 2 is 1.77 bits per heavy atom. The van der Waals surface area contributed by atoms with Gasteiger partial charge in [-0.25, -0.2) is 0 Å². The SMILES string of the molecule is Cc1ccc(-n2c(SCC(=O)Nc3ccc(Br)cc3C)nnc2-c2ccncc2)cc1. The van der Waals surface area contributed by atoms with Crippen molar-refractivity contribution in [3.63, 3.8) is 0 Å². The summed E-state index contributed by atoms with van der Waals surface area (Å²) in [5.41, 5.74) is 4.81. The van der Waals surface area contributed by atoms with Crippen LogP contribution in [0.2, 0.25) is 0 Å². The summed E-state index contributed by atoms with van der Waals surface area (Å²) < 4.78 is 2.95. The van der Waals surface area contributed by atoms with Gasteiger partial charge in [0.1, 0.15) is 0 Å². The Morgan fingerprint density at radius 1 is 1.03 bits per heavy atom. The molecule has 0 spiro atoms. The Balaban J connectivity index is 1.58. The van der Waals surface area contributed by atoms with E-state index in [2.05, 4.69) is 36.4 Å². The number of rotatable bonds is 6. The molecule has 8 heteroatoms. The van der Waals surface area contributed by atoms with E-state index in [0.29, 0.717) is 11.0 Å². The summed E-state index contributed by atoms with van der Waals surface area (Å²) in [6.45, 7) is 4.01. The van der Waals surface area contributed by atoms with Crippen molar-refractivity contribution in [2.75, 3.05) is 11.1 Å². The van der Waals surface area contributed by atoms with Gasteiger partial charge in [0.15, 0.2) is 11.0 Å². The van der Waals surface area contributed by atoms with Gasteiger partial charge in [-0.3, -0.25) is 14.3 Å².